The zero-order valence-corrected chi connectivity index (χ0v) is 4.94. The molecular formula is C4H6ClN3. The van der Waals surface area contributed by atoms with Crippen LogP contribution in [0.3, 0.4) is 0 Å². The first-order chi connectivity index (χ1) is 3.80. The van der Waals surface area contributed by atoms with Crippen LogP contribution in [0.1, 0.15) is 0 Å². The van der Waals surface area contributed by atoms with Crippen molar-refractivity contribution in [2.75, 3.05) is 6.54 Å². The normalized spacial score (nSPS) is 18.6. The van der Waals surface area contributed by atoms with Crippen LogP contribution in [-0.2, 0) is 0 Å². The molecule has 0 bridgehead atoms. The molecule has 0 aliphatic carbocycles. The van der Waals surface area contributed by atoms with Gasteiger partial charge in [0.25, 0.3) is 0 Å². The molecule has 0 saturated heterocycles. The van der Waals surface area contributed by atoms with Crippen molar-refractivity contribution in [3.8, 4) is 0 Å². The summed E-state index contributed by atoms with van der Waals surface area (Å²) in [7, 11) is 0. The van der Waals surface area contributed by atoms with E-state index in [0.717, 1.165) is 0 Å². The van der Waals surface area contributed by atoms with Crippen molar-refractivity contribution in [1.82, 2.24) is 5.32 Å². The van der Waals surface area contributed by atoms with E-state index in [-0.39, 0.29) is 0 Å². The van der Waals surface area contributed by atoms with Gasteiger partial charge in [0.05, 0.1) is 6.54 Å². The lowest BCUT2D eigenvalue weighted by Gasteiger charge is -2.06. The Balaban J connectivity index is 2.76. The Bertz CT molecular complexity index is 149. The maximum absolute atomic E-state index is 5.50. The summed E-state index contributed by atoms with van der Waals surface area (Å²) in [6.45, 7) is 0.666. The van der Waals surface area contributed by atoms with Gasteiger partial charge >= 0.3 is 0 Å². The average molecular weight is 132 g/mol. The molecule has 0 amide bonds. The molecule has 4 heteroatoms. The maximum Gasteiger partial charge on any atom is 0.158 e. The standard InChI is InChI=1S/C4H6ClN3/c5-3-4(6)8-2-1-7-3/h2,7H,1,6H2. The van der Waals surface area contributed by atoms with Gasteiger partial charge in [0.2, 0.25) is 0 Å². The topological polar surface area (TPSA) is 50.4 Å². The number of nitrogens with one attached hydrogen (secondary N) is 1. The molecule has 3 nitrogen and oxygen atoms in total. The molecule has 0 aromatic heterocycles. The number of hydrogen-bond acceptors (Lipinski definition) is 3. The van der Waals surface area contributed by atoms with Gasteiger partial charge in [-0.2, -0.15) is 0 Å². The van der Waals surface area contributed by atoms with E-state index in [1.54, 1.807) is 6.21 Å². The van der Waals surface area contributed by atoms with Gasteiger partial charge in [-0.15, -0.1) is 0 Å². The van der Waals surface area contributed by atoms with Gasteiger partial charge in [0.15, 0.2) is 5.82 Å². The van der Waals surface area contributed by atoms with Gasteiger partial charge in [-0.05, 0) is 0 Å². The van der Waals surface area contributed by atoms with E-state index in [2.05, 4.69) is 10.3 Å². The van der Waals surface area contributed by atoms with E-state index in [9.17, 15) is 0 Å². The van der Waals surface area contributed by atoms with Crippen LogP contribution < -0.4 is 11.1 Å². The van der Waals surface area contributed by atoms with Crippen LogP contribution in [-0.4, -0.2) is 12.8 Å². The predicted molar refractivity (Wildman–Crippen MR) is 33.6 cm³/mol. The van der Waals surface area contributed by atoms with Crippen molar-refractivity contribution >= 4 is 17.8 Å². The van der Waals surface area contributed by atoms with Gasteiger partial charge in [-0.3, -0.25) is 0 Å². The smallest absolute Gasteiger partial charge is 0.158 e. The molecule has 0 unspecified atom stereocenters. The fraction of sp³-hybridized carbons (Fsp3) is 0.250. The highest BCUT2D eigenvalue weighted by atomic mass is 35.5. The zero-order valence-electron chi connectivity index (χ0n) is 4.19. The highest BCUT2D eigenvalue weighted by Crippen LogP contribution is 2.02. The van der Waals surface area contributed by atoms with Crippen LogP contribution in [0.2, 0.25) is 0 Å². The lowest BCUT2D eigenvalue weighted by Crippen LogP contribution is -2.20. The predicted octanol–water partition coefficient (Wildman–Crippen LogP) is -0.0155. The Hall–Kier alpha value is -0.700. The Morgan fingerprint density at radius 3 is 3.00 bits per heavy atom. The lowest BCUT2D eigenvalue weighted by atomic mass is 10.6. The molecule has 0 spiro atoms. The third-order valence-electron chi connectivity index (χ3n) is 0.804. The van der Waals surface area contributed by atoms with Crippen molar-refractivity contribution in [3.63, 3.8) is 0 Å². The minimum absolute atomic E-state index is 0.359. The Labute approximate surface area is 52.2 Å². The molecule has 8 heavy (non-hydrogen) atoms. The molecule has 44 valence electrons. The summed E-state index contributed by atoms with van der Waals surface area (Å²) in [5.74, 6) is 0.359. The molecule has 0 fully saturated rings. The molecule has 0 saturated carbocycles. The van der Waals surface area contributed by atoms with Gasteiger partial charge in [0, 0.05) is 6.21 Å². The van der Waals surface area contributed by atoms with Gasteiger partial charge in [0.1, 0.15) is 5.16 Å². The van der Waals surface area contributed by atoms with Crippen molar-refractivity contribution in [1.29, 1.82) is 0 Å². The van der Waals surface area contributed by atoms with Crippen LogP contribution >= 0.6 is 11.6 Å². The monoisotopic (exact) mass is 131 g/mol. The highest BCUT2D eigenvalue weighted by Gasteiger charge is 1.99. The van der Waals surface area contributed by atoms with E-state index < -0.39 is 0 Å². The van der Waals surface area contributed by atoms with Crippen molar-refractivity contribution in [2.24, 2.45) is 10.7 Å². The first-order valence-electron chi connectivity index (χ1n) is 2.22. The summed E-state index contributed by atoms with van der Waals surface area (Å²) in [6.07, 6.45) is 1.67. The van der Waals surface area contributed by atoms with Crippen LogP contribution in [0, 0.1) is 0 Å². The van der Waals surface area contributed by atoms with Crippen LogP contribution in [0.5, 0.6) is 0 Å². The molecule has 1 heterocycles. The average Bonchev–Trinajstić information content (AvgIpc) is 1.77. The second-order valence-corrected chi connectivity index (χ2v) is 1.77. The number of hydrogen-bond donors (Lipinski definition) is 2. The molecular weight excluding hydrogens is 126 g/mol. The summed E-state index contributed by atoms with van der Waals surface area (Å²) < 4.78 is 0. The molecule has 0 aromatic rings. The Kier molecular flexibility index (Phi) is 1.39. The van der Waals surface area contributed by atoms with Crippen LogP contribution in [0.4, 0.5) is 0 Å². The number of nitrogens with two attached hydrogens (primary N) is 1. The van der Waals surface area contributed by atoms with Crippen molar-refractivity contribution in [2.45, 2.75) is 0 Å². The number of aliphatic imine (C=N–C) groups is 1. The second-order valence-electron chi connectivity index (χ2n) is 1.39. The minimum atomic E-state index is 0.359. The summed E-state index contributed by atoms with van der Waals surface area (Å²) in [4.78, 5) is 3.75. The molecule has 0 radical (unpaired) electrons. The summed E-state index contributed by atoms with van der Waals surface area (Å²) >= 11 is 5.50. The highest BCUT2D eigenvalue weighted by molar-refractivity contribution is 6.29. The Morgan fingerprint density at radius 1 is 1.88 bits per heavy atom. The van der Waals surface area contributed by atoms with Crippen LogP contribution in [0.15, 0.2) is 16.0 Å². The summed E-state index contributed by atoms with van der Waals surface area (Å²) in [5, 5.41) is 3.24. The SMILES string of the molecule is NC1=C(Cl)NCC=N1. The lowest BCUT2D eigenvalue weighted by molar-refractivity contribution is 0.939. The molecule has 1 rings (SSSR count). The fourth-order valence-electron chi connectivity index (χ4n) is 0.426. The van der Waals surface area contributed by atoms with Gasteiger partial charge in [-0.1, -0.05) is 11.6 Å². The zero-order chi connectivity index (χ0) is 5.98. The first-order valence-corrected chi connectivity index (χ1v) is 2.60. The van der Waals surface area contributed by atoms with Crippen molar-refractivity contribution in [3.05, 3.63) is 11.0 Å². The molecule has 1 aliphatic heterocycles. The Morgan fingerprint density at radius 2 is 2.62 bits per heavy atom. The molecule has 1 aliphatic rings. The quantitative estimate of drug-likeness (QED) is 0.454. The number of nitrogens with zero attached hydrogens (tertiary/aromatic N) is 1. The van der Waals surface area contributed by atoms with E-state index in [0.29, 0.717) is 17.5 Å². The first kappa shape index (κ1) is 5.44. The van der Waals surface area contributed by atoms with Gasteiger partial charge in [-0.25, -0.2) is 4.99 Å². The minimum Gasteiger partial charge on any atom is -0.381 e. The fourth-order valence-corrected chi connectivity index (χ4v) is 0.552. The van der Waals surface area contributed by atoms with Gasteiger partial charge < -0.3 is 11.1 Å². The third kappa shape index (κ3) is 0.924. The third-order valence-corrected chi connectivity index (χ3v) is 1.13. The maximum atomic E-state index is 5.50. The second kappa shape index (κ2) is 2.05. The van der Waals surface area contributed by atoms with E-state index in [4.69, 9.17) is 17.3 Å². The number of halogens is 1. The van der Waals surface area contributed by atoms with Crippen molar-refractivity contribution < 1.29 is 0 Å². The largest absolute Gasteiger partial charge is 0.381 e. The van der Waals surface area contributed by atoms with Crippen LogP contribution in [0.25, 0.3) is 0 Å². The van der Waals surface area contributed by atoms with E-state index in [1.807, 2.05) is 0 Å². The van der Waals surface area contributed by atoms with E-state index >= 15 is 0 Å². The molecule has 0 aromatic carbocycles. The number of rotatable bonds is 0. The summed E-state index contributed by atoms with van der Waals surface area (Å²) in [5.41, 5.74) is 5.27. The molecule has 0 atom stereocenters. The van der Waals surface area contributed by atoms with E-state index in [1.165, 1.54) is 0 Å². The molecule has 3 N–H and O–H groups in total. The summed E-state index contributed by atoms with van der Waals surface area (Å²) in [6, 6.07) is 0.